The average Bonchev–Trinajstić information content (AvgIpc) is 2.64. The van der Waals surface area contributed by atoms with Crippen LogP contribution in [0, 0.1) is 11.3 Å². The molecule has 6 heteroatoms. The van der Waals surface area contributed by atoms with Crippen LogP contribution in [0.4, 0.5) is 0 Å². The molecule has 2 amide bonds. The van der Waals surface area contributed by atoms with Crippen LogP contribution in [0.3, 0.4) is 0 Å². The predicted octanol–water partition coefficient (Wildman–Crippen LogP) is 3.25. The van der Waals surface area contributed by atoms with Gasteiger partial charge in [-0.15, -0.1) is 12.4 Å². The van der Waals surface area contributed by atoms with Crippen molar-refractivity contribution in [1.29, 1.82) is 0 Å². The molecule has 1 heterocycles. The summed E-state index contributed by atoms with van der Waals surface area (Å²) in [6.07, 6.45) is 9.95. The van der Waals surface area contributed by atoms with E-state index in [2.05, 4.69) is 19.2 Å². The largest absolute Gasteiger partial charge is 0.353 e. The highest BCUT2D eigenvalue weighted by Crippen LogP contribution is 2.38. The minimum atomic E-state index is 0. The maximum Gasteiger partial charge on any atom is 0.225 e. The van der Waals surface area contributed by atoms with Gasteiger partial charge in [0.15, 0.2) is 0 Å². The fraction of sp³-hybridized carbons (Fsp3) is 0.900. The van der Waals surface area contributed by atoms with Gasteiger partial charge >= 0.3 is 0 Å². The Kier molecular flexibility index (Phi) is 9.94. The van der Waals surface area contributed by atoms with Crippen LogP contribution in [-0.4, -0.2) is 42.4 Å². The van der Waals surface area contributed by atoms with E-state index in [9.17, 15) is 9.59 Å². The molecule has 2 fully saturated rings. The fourth-order valence-corrected chi connectivity index (χ4v) is 4.51. The number of carbonyl (C=O) groups is 2. The van der Waals surface area contributed by atoms with Crippen LogP contribution in [-0.2, 0) is 9.59 Å². The van der Waals surface area contributed by atoms with Crippen LogP contribution in [0.15, 0.2) is 0 Å². The second kappa shape index (κ2) is 11.1. The number of carbonyl (C=O) groups excluding carboxylic acids is 2. The van der Waals surface area contributed by atoms with Gasteiger partial charge in [0.2, 0.25) is 11.8 Å². The fourth-order valence-electron chi connectivity index (χ4n) is 4.51. The second-order valence-corrected chi connectivity index (χ2v) is 8.12. The number of likely N-dealkylation sites (tertiary alicyclic amines) is 1. The topological polar surface area (TPSA) is 75.4 Å². The highest BCUT2D eigenvalue weighted by atomic mass is 35.5. The summed E-state index contributed by atoms with van der Waals surface area (Å²) < 4.78 is 0. The Bertz CT molecular complexity index is 440. The van der Waals surface area contributed by atoms with Crippen molar-refractivity contribution < 1.29 is 9.59 Å². The van der Waals surface area contributed by atoms with Gasteiger partial charge in [0.1, 0.15) is 0 Å². The van der Waals surface area contributed by atoms with E-state index < -0.39 is 0 Å². The second-order valence-electron chi connectivity index (χ2n) is 8.12. The lowest BCUT2D eigenvalue weighted by Gasteiger charge is -2.37. The van der Waals surface area contributed by atoms with E-state index in [-0.39, 0.29) is 35.7 Å². The molecule has 0 unspecified atom stereocenters. The summed E-state index contributed by atoms with van der Waals surface area (Å²) in [5.74, 6) is 0.595. The number of nitrogens with two attached hydrogens (primary N) is 1. The van der Waals surface area contributed by atoms with E-state index in [0.717, 1.165) is 51.6 Å². The van der Waals surface area contributed by atoms with Gasteiger partial charge in [0, 0.05) is 31.5 Å². The highest BCUT2D eigenvalue weighted by molar-refractivity contribution is 5.85. The SMILES string of the molecule is CCC(CC)C(=O)N1CCC(NC(=O)CC2(CN)CCCCC2)CC1.Cl. The van der Waals surface area contributed by atoms with Crippen molar-refractivity contribution >= 4 is 24.2 Å². The number of amides is 2. The van der Waals surface area contributed by atoms with Gasteiger partial charge in [-0.3, -0.25) is 9.59 Å². The smallest absolute Gasteiger partial charge is 0.225 e. The van der Waals surface area contributed by atoms with Crippen LogP contribution in [0.25, 0.3) is 0 Å². The summed E-state index contributed by atoms with van der Waals surface area (Å²) in [5, 5.41) is 3.21. The first-order valence-electron chi connectivity index (χ1n) is 10.3. The molecule has 1 aliphatic carbocycles. The number of hydrogen-bond acceptors (Lipinski definition) is 3. The van der Waals surface area contributed by atoms with E-state index in [1.165, 1.54) is 19.3 Å². The molecule has 2 aliphatic rings. The van der Waals surface area contributed by atoms with E-state index in [1.807, 2.05) is 4.90 Å². The van der Waals surface area contributed by atoms with Gasteiger partial charge in [0.25, 0.3) is 0 Å². The molecule has 1 saturated carbocycles. The molecule has 26 heavy (non-hydrogen) atoms. The Morgan fingerprint density at radius 2 is 1.69 bits per heavy atom. The lowest BCUT2D eigenvalue weighted by molar-refractivity contribution is -0.137. The summed E-state index contributed by atoms with van der Waals surface area (Å²) in [7, 11) is 0. The maximum absolute atomic E-state index is 12.5. The number of halogens is 1. The molecule has 2 rings (SSSR count). The maximum atomic E-state index is 12.5. The first-order valence-corrected chi connectivity index (χ1v) is 10.3. The predicted molar refractivity (Wildman–Crippen MR) is 108 cm³/mol. The van der Waals surface area contributed by atoms with Crippen LogP contribution in [0.5, 0.6) is 0 Å². The van der Waals surface area contributed by atoms with E-state index in [0.29, 0.717) is 18.9 Å². The van der Waals surface area contributed by atoms with Crippen molar-refractivity contribution in [3.05, 3.63) is 0 Å². The molecule has 1 saturated heterocycles. The molecule has 1 aliphatic heterocycles. The van der Waals surface area contributed by atoms with Gasteiger partial charge in [-0.05, 0) is 50.5 Å². The normalized spacial score (nSPS) is 20.5. The van der Waals surface area contributed by atoms with Gasteiger partial charge < -0.3 is 16.0 Å². The van der Waals surface area contributed by atoms with E-state index in [1.54, 1.807) is 0 Å². The number of piperidine rings is 1. The van der Waals surface area contributed by atoms with Gasteiger partial charge in [0.05, 0.1) is 0 Å². The Balaban J connectivity index is 0.00000338. The summed E-state index contributed by atoms with van der Waals surface area (Å²) in [6, 6.07) is 0.205. The van der Waals surface area contributed by atoms with Crippen molar-refractivity contribution in [2.45, 2.75) is 84.1 Å². The van der Waals surface area contributed by atoms with Crippen molar-refractivity contribution in [3.8, 4) is 0 Å². The van der Waals surface area contributed by atoms with E-state index in [4.69, 9.17) is 5.73 Å². The number of nitrogens with one attached hydrogen (secondary N) is 1. The summed E-state index contributed by atoms with van der Waals surface area (Å²) >= 11 is 0. The lowest BCUT2D eigenvalue weighted by atomic mass is 9.71. The Hall–Kier alpha value is -0.810. The summed E-state index contributed by atoms with van der Waals surface area (Å²) in [4.78, 5) is 27.0. The number of rotatable bonds is 7. The van der Waals surface area contributed by atoms with Crippen molar-refractivity contribution in [3.63, 3.8) is 0 Å². The van der Waals surface area contributed by atoms with Crippen molar-refractivity contribution in [1.82, 2.24) is 10.2 Å². The molecule has 152 valence electrons. The minimum Gasteiger partial charge on any atom is -0.353 e. The molecule has 0 aromatic heterocycles. The van der Waals surface area contributed by atoms with Crippen molar-refractivity contribution in [2.24, 2.45) is 17.1 Å². The lowest BCUT2D eigenvalue weighted by Crippen LogP contribution is -2.49. The van der Waals surface area contributed by atoms with E-state index >= 15 is 0 Å². The van der Waals surface area contributed by atoms with Crippen LogP contribution in [0.1, 0.15) is 78.1 Å². The van der Waals surface area contributed by atoms with Gasteiger partial charge in [-0.1, -0.05) is 33.1 Å². The first-order chi connectivity index (χ1) is 12.0. The highest BCUT2D eigenvalue weighted by Gasteiger charge is 2.34. The zero-order chi connectivity index (χ0) is 18.3. The third kappa shape index (κ3) is 6.12. The Morgan fingerprint density at radius 1 is 1.12 bits per heavy atom. The van der Waals surface area contributed by atoms with Crippen LogP contribution in [0.2, 0.25) is 0 Å². The van der Waals surface area contributed by atoms with Crippen LogP contribution < -0.4 is 11.1 Å². The first kappa shape index (κ1) is 23.2. The van der Waals surface area contributed by atoms with Crippen molar-refractivity contribution in [2.75, 3.05) is 19.6 Å². The number of nitrogens with zero attached hydrogens (tertiary/aromatic N) is 1. The van der Waals surface area contributed by atoms with Gasteiger partial charge in [-0.2, -0.15) is 0 Å². The molecule has 0 atom stereocenters. The third-order valence-corrected chi connectivity index (χ3v) is 6.39. The molecule has 3 N–H and O–H groups in total. The molecule has 0 aromatic carbocycles. The third-order valence-electron chi connectivity index (χ3n) is 6.39. The standard InChI is InChI=1S/C20H37N3O2.ClH/c1-3-16(4-2)19(25)23-12-8-17(9-13-23)22-18(24)14-20(15-21)10-6-5-7-11-20;/h16-17H,3-15,21H2,1-2H3,(H,22,24);1H. The Labute approximate surface area is 165 Å². The Morgan fingerprint density at radius 3 is 2.19 bits per heavy atom. The quantitative estimate of drug-likeness (QED) is 0.704. The molecule has 5 nitrogen and oxygen atoms in total. The zero-order valence-corrected chi connectivity index (χ0v) is 17.4. The van der Waals surface area contributed by atoms with Gasteiger partial charge in [-0.25, -0.2) is 0 Å². The molecule has 0 aromatic rings. The molecule has 0 radical (unpaired) electrons. The summed E-state index contributed by atoms with van der Waals surface area (Å²) in [6.45, 7) is 6.31. The molecule has 0 bridgehead atoms. The van der Waals surface area contributed by atoms with Crippen LogP contribution >= 0.6 is 12.4 Å². The molecular formula is C20H38ClN3O2. The zero-order valence-electron chi connectivity index (χ0n) is 16.6. The molecular weight excluding hydrogens is 350 g/mol. The number of hydrogen-bond donors (Lipinski definition) is 2. The summed E-state index contributed by atoms with van der Waals surface area (Å²) in [5.41, 5.74) is 6.02. The molecule has 0 spiro atoms. The average molecular weight is 388 g/mol. The monoisotopic (exact) mass is 387 g/mol. The minimum absolute atomic E-state index is 0.